The van der Waals surface area contributed by atoms with Crippen LogP contribution in [0.5, 0.6) is 11.5 Å². The van der Waals surface area contributed by atoms with E-state index in [4.69, 9.17) is 4.74 Å². The largest absolute Gasteiger partial charge is 0.457 e. The average molecular weight is 383 g/mol. The maximum atomic E-state index is 12.3. The van der Waals surface area contributed by atoms with Crippen molar-refractivity contribution in [1.29, 1.82) is 0 Å². The van der Waals surface area contributed by atoms with E-state index >= 15 is 0 Å². The zero-order valence-corrected chi connectivity index (χ0v) is 16.8. The topological polar surface area (TPSA) is 61.8 Å². The Morgan fingerprint density at radius 1 is 1.11 bits per heavy atom. The van der Waals surface area contributed by atoms with Crippen LogP contribution < -0.4 is 10.1 Å². The maximum absolute atomic E-state index is 12.3. The number of aliphatic hydroxyl groups excluding tert-OH is 1. The number of likely N-dealkylation sites (N-methyl/N-ethyl adjacent to an activating group) is 1. The highest BCUT2D eigenvalue weighted by atomic mass is 16.5. The van der Waals surface area contributed by atoms with Crippen LogP contribution >= 0.6 is 0 Å². The second kappa shape index (κ2) is 9.11. The van der Waals surface area contributed by atoms with Gasteiger partial charge in [0, 0.05) is 24.7 Å². The minimum atomic E-state index is -0.611. The maximum Gasteiger partial charge on any atom is 0.225 e. The predicted molar refractivity (Wildman–Crippen MR) is 112 cm³/mol. The lowest BCUT2D eigenvalue weighted by molar-refractivity contribution is -0.138. The highest BCUT2D eigenvalue weighted by Crippen LogP contribution is 2.29. The standard InChI is InChI=1S/C23H30N2O3/c1-16(2)23(27)25(3)21-14-8-13-20(22(21)26)24-17-9-7-12-19(15-17)28-18-10-5-4-6-11-18/h4-7,9-12,15-16,20-22,24,26H,8,13-14H2,1-3H3/t20-,21-,22+/m1/s1. The third-order valence-corrected chi connectivity index (χ3v) is 5.33. The molecule has 2 aromatic rings. The van der Waals surface area contributed by atoms with E-state index < -0.39 is 6.10 Å². The van der Waals surface area contributed by atoms with Crippen molar-refractivity contribution in [3.05, 3.63) is 54.6 Å². The fraction of sp³-hybridized carbons (Fsp3) is 0.435. The Hall–Kier alpha value is -2.53. The molecule has 0 bridgehead atoms. The average Bonchev–Trinajstić information content (AvgIpc) is 2.69. The molecule has 28 heavy (non-hydrogen) atoms. The third-order valence-electron chi connectivity index (χ3n) is 5.33. The first kappa shape index (κ1) is 20.2. The molecule has 1 fully saturated rings. The number of benzene rings is 2. The van der Waals surface area contributed by atoms with Crippen molar-refractivity contribution in [1.82, 2.24) is 4.90 Å². The van der Waals surface area contributed by atoms with E-state index in [1.807, 2.05) is 68.4 Å². The molecule has 0 unspecified atom stereocenters. The fourth-order valence-electron chi connectivity index (χ4n) is 3.80. The number of amides is 1. The van der Waals surface area contributed by atoms with Crippen molar-refractivity contribution in [2.75, 3.05) is 12.4 Å². The van der Waals surface area contributed by atoms with Crippen LogP contribution in [0.1, 0.15) is 33.1 Å². The lowest BCUT2D eigenvalue weighted by Crippen LogP contribution is -2.54. The normalized spacial score (nSPS) is 22.0. The number of ether oxygens (including phenoxy) is 1. The smallest absolute Gasteiger partial charge is 0.225 e. The molecule has 0 saturated heterocycles. The van der Waals surface area contributed by atoms with E-state index in [1.54, 1.807) is 11.9 Å². The Morgan fingerprint density at radius 3 is 2.54 bits per heavy atom. The summed E-state index contributed by atoms with van der Waals surface area (Å²) < 4.78 is 5.90. The van der Waals surface area contributed by atoms with Crippen LogP contribution in [0.25, 0.3) is 0 Å². The van der Waals surface area contributed by atoms with Crippen LogP contribution in [0, 0.1) is 5.92 Å². The number of nitrogens with zero attached hydrogens (tertiary/aromatic N) is 1. The van der Waals surface area contributed by atoms with Gasteiger partial charge in [0.25, 0.3) is 0 Å². The van der Waals surface area contributed by atoms with E-state index in [-0.39, 0.29) is 23.9 Å². The minimum absolute atomic E-state index is 0.0719. The highest BCUT2D eigenvalue weighted by Gasteiger charge is 2.36. The summed E-state index contributed by atoms with van der Waals surface area (Å²) in [6.45, 7) is 3.78. The molecule has 0 heterocycles. The van der Waals surface area contributed by atoms with Gasteiger partial charge in [0.15, 0.2) is 0 Å². The zero-order chi connectivity index (χ0) is 20.1. The van der Waals surface area contributed by atoms with Gasteiger partial charge in [0.1, 0.15) is 11.5 Å². The van der Waals surface area contributed by atoms with Crippen LogP contribution in [0.15, 0.2) is 54.6 Å². The van der Waals surface area contributed by atoms with Gasteiger partial charge >= 0.3 is 0 Å². The molecule has 1 aliphatic rings. The Balaban J connectivity index is 1.67. The summed E-state index contributed by atoms with van der Waals surface area (Å²) in [7, 11) is 1.80. The summed E-state index contributed by atoms with van der Waals surface area (Å²) in [6, 6.07) is 17.1. The lowest BCUT2D eigenvalue weighted by atomic mass is 9.86. The van der Waals surface area contributed by atoms with Crippen LogP contribution in [0.2, 0.25) is 0 Å². The van der Waals surface area contributed by atoms with Gasteiger partial charge in [-0.15, -0.1) is 0 Å². The first-order valence-corrected chi connectivity index (χ1v) is 10.00. The summed E-state index contributed by atoms with van der Waals surface area (Å²) in [5.41, 5.74) is 0.899. The second-order valence-corrected chi connectivity index (χ2v) is 7.79. The molecule has 1 saturated carbocycles. The number of carbonyl (C=O) groups is 1. The lowest BCUT2D eigenvalue weighted by Gasteiger charge is -2.41. The number of rotatable bonds is 6. The molecule has 2 aromatic carbocycles. The molecule has 0 aromatic heterocycles. The molecular formula is C23H30N2O3. The number of anilines is 1. The van der Waals surface area contributed by atoms with Crippen molar-refractivity contribution < 1.29 is 14.6 Å². The van der Waals surface area contributed by atoms with Crippen molar-refractivity contribution >= 4 is 11.6 Å². The van der Waals surface area contributed by atoms with Crippen molar-refractivity contribution in [3.8, 4) is 11.5 Å². The van der Waals surface area contributed by atoms with Crippen molar-refractivity contribution in [3.63, 3.8) is 0 Å². The monoisotopic (exact) mass is 382 g/mol. The number of carbonyl (C=O) groups excluding carboxylic acids is 1. The van der Waals surface area contributed by atoms with Gasteiger partial charge in [-0.1, -0.05) is 38.1 Å². The van der Waals surface area contributed by atoms with Crippen LogP contribution in [0.4, 0.5) is 5.69 Å². The van der Waals surface area contributed by atoms with E-state index in [2.05, 4.69) is 5.32 Å². The first-order valence-electron chi connectivity index (χ1n) is 10.00. The third kappa shape index (κ3) is 4.84. The first-order chi connectivity index (χ1) is 13.5. The second-order valence-electron chi connectivity index (χ2n) is 7.79. The summed E-state index contributed by atoms with van der Waals surface area (Å²) in [5.74, 6) is 1.52. The van der Waals surface area contributed by atoms with Crippen LogP contribution in [-0.2, 0) is 4.79 Å². The molecule has 3 rings (SSSR count). The summed E-state index contributed by atoms with van der Waals surface area (Å²) in [5, 5.41) is 14.3. The molecule has 0 spiro atoms. The number of hydrogen-bond donors (Lipinski definition) is 2. The zero-order valence-electron chi connectivity index (χ0n) is 16.8. The summed E-state index contributed by atoms with van der Waals surface area (Å²) in [4.78, 5) is 14.1. The number of hydrogen-bond acceptors (Lipinski definition) is 4. The molecule has 5 nitrogen and oxygen atoms in total. The molecule has 5 heteroatoms. The molecule has 0 radical (unpaired) electrons. The van der Waals surface area contributed by atoms with E-state index in [0.717, 1.165) is 36.4 Å². The van der Waals surface area contributed by atoms with Gasteiger partial charge < -0.3 is 20.1 Å². The molecular weight excluding hydrogens is 352 g/mol. The Kier molecular flexibility index (Phi) is 6.57. The number of para-hydroxylation sites is 1. The number of nitrogens with one attached hydrogen (secondary N) is 1. The van der Waals surface area contributed by atoms with Crippen molar-refractivity contribution in [2.45, 2.75) is 51.3 Å². The van der Waals surface area contributed by atoms with Gasteiger partial charge in [-0.3, -0.25) is 4.79 Å². The molecule has 2 N–H and O–H groups in total. The highest BCUT2D eigenvalue weighted by molar-refractivity contribution is 5.78. The summed E-state index contributed by atoms with van der Waals surface area (Å²) >= 11 is 0. The quantitative estimate of drug-likeness (QED) is 0.782. The van der Waals surface area contributed by atoms with E-state index in [1.165, 1.54) is 0 Å². The molecule has 3 atom stereocenters. The van der Waals surface area contributed by atoms with E-state index in [9.17, 15) is 9.90 Å². The van der Waals surface area contributed by atoms with Gasteiger partial charge in [-0.05, 0) is 43.5 Å². The Morgan fingerprint density at radius 2 is 1.82 bits per heavy atom. The van der Waals surface area contributed by atoms with Crippen LogP contribution in [0.3, 0.4) is 0 Å². The molecule has 1 aliphatic carbocycles. The van der Waals surface area contributed by atoms with E-state index in [0.29, 0.717) is 0 Å². The molecule has 150 valence electrons. The van der Waals surface area contributed by atoms with Gasteiger partial charge in [-0.25, -0.2) is 0 Å². The molecule has 1 amide bonds. The van der Waals surface area contributed by atoms with Gasteiger partial charge in [-0.2, -0.15) is 0 Å². The fourth-order valence-corrected chi connectivity index (χ4v) is 3.80. The van der Waals surface area contributed by atoms with Gasteiger partial charge in [0.05, 0.1) is 18.2 Å². The summed E-state index contributed by atoms with van der Waals surface area (Å²) in [6.07, 6.45) is 2.05. The Bertz CT molecular complexity index is 778. The van der Waals surface area contributed by atoms with Crippen molar-refractivity contribution in [2.24, 2.45) is 5.92 Å². The van der Waals surface area contributed by atoms with Crippen LogP contribution in [-0.4, -0.2) is 41.1 Å². The van der Waals surface area contributed by atoms with Gasteiger partial charge in [0.2, 0.25) is 5.91 Å². The molecule has 0 aliphatic heterocycles. The Labute approximate surface area is 167 Å². The number of aliphatic hydroxyl groups is 1. The predicted octanol–water partition coefficient (Wildman–Crippen LogP) is 4.29. The SMILES string of the molecule is CC(C)C(=O)N(C)[C@@H]1CCC[C@@H](Nc2cccc(Oc3ccccc3)c2)[C@@H]1O. The minimum Gasteiger partial charge on any atom is -0.457 e.